The molecule has 1 fully saturated rings. The van der Waals surface area contributed by atoms with Crippen molar-refractivity contribution < 1.29 is 0 Å². The van der Waals surface area contributed by atoms with E-state index in [-0.39, 0.29) is 5.54 Å². The third-order valence-electron chi connectivity index (χ3n) is 3.77. The number of para-hydroxylation sites is 1. The van der Waals surface area contributed by atoms with E-state index in [9.17, 15) is 0 Å². The Kier molecular flexibility index (Phi) is 3.43. The zero-order valence-corrected chi connectivity index (χ0v) is 11.5. The highest BCUT2D eigenvalue weighted by atomic mass is 15.2. The summed E-state index contributed by atoms with van der Waals surface area (Å²) in [5, 5.41) is 3.61. The van der Waals surface area contributed by atoms with Crippen molar-refractivity contribution in [3.63, 3.8) is 0 Å². The molecular formula is C15H24N2. The van der Waals surface area contributed by atoms with Crippen molar-refractivity contribution in [3.05, 3.63) is 29.8 Å². The number of hydrogen-bond acceptors (Lipinski definition) is 2. The van der Waals surface area contributed by atoms with Gasteiger partial charge in [0.25, 0.3) is 0 Å². The highest BCUT2D eigenvalue weighted by Crippen LogP contribution is 2.28. The molecule has 1 saturated heterocycles. The van der Waals surface area contributed by atoms with E-state index < -0.39 is 0 Å². The first-order chi connectivity index (χ1) is 8.03. The topological polar surface area (TPSA) is 15.3 Å². The summed E-state index contributed by atoms with van der Waals surface area (Å²) >= 11 is 0. The van der Waals surface area contributed by atoms with Crippen molar-refractivity contribution in [2.24, 2.45) is 0 Å². The Hall–Kier alpha value is -1.02. The summed E-state index contributed by atoms with van der Waals surface area (Å²) in [6.45, 7) is 11.2. The van der Waals surface area contributed by atoms with Crippen LogP contribution in [0.25, 0.3) is 0 Å². The molecule has 2 rings (SSSR count). The lowest BCUT2D eigenvalue weighted by atomic mass is 10.00. The molecule has 1 aliphatic heterocycles. The fourth-order valence-electron chi connectivity index (χ4n) is 2.86. The maximum Gasteiger partial charge on any atom is 0.0432 e. The summed E-state index contributed by atoms with van der Waals surface area (Å²) < 4.78 is 0. The zero-order chi connectivity index (χ0) is 12.5. The number of hydrogen-bond donors (Lipinski definition) is 1. The lowest BCUT2D eigenvalue weighted by Gasteiger charge is -2.31. The molecule has 17 heavy (non-hydrogen) atoms. The van der Waals surface area contributed by atoms with Gasteiger partial charge in [0.1, 0.15) is 0 Å². The minimum absolute atomic E-state index is 0.279. The molecule has 0 aliphatic carbocycles. The van der Waals surface area contributed by atoms with Crippen LogP contribution in [0.2, 0.25) is 0 Å². The Balaban J connectivity index is 2.21. The predicted octanol–water partition coefficient (Wildman–Crippen LogP) is 2.96. The number of rotatable bonds is 3. The van der Waals surface area contributed by atoms with Crippen molar-refractivity contribution in [1.29, 1.82) is 0 Å². The number of likely N-dealkylation sites (N-methyl/N-ethyl adjacent to an activating group) is 1. The first-order valence-electron chi connectivity index (χ1n) is 6.61. The van der Waals surface area contributed by atoms with E-state index in [2.05, 4.69) is 62.2 Å². The molecular weight excluding hydrogens is 208 g/mol. The van der Waals surface area contributed by atoms with Crippen LogP contribution in [0.5, 0.6) is 0 Å². The standard InChI is InChI=1S/C15H24N2/c1-5-17(13-10-15(3,4)16-11-13)14-9-7-6-8-12(14)2/h6-9,13,16H,5,10-11H2,1-4H3. The SMILES string of the molecule is CCN(c1ccccc1C)C1CNC(C)(C)C1. The third kappa shape index (κ3) is 2.63. The minimum Gasteiger partial charge on any atom is -0.367 e. The molecule has 1 aromatic rings. The summed E-state index contributed by atoms with van der Waals surface area (Å²) in [6, 6.07) is 9.31. The summed E-state index contributed by atoms with van der Waals surface area (Å²) in [6.07, 6.45) is 1.22. The fourth-order valence-corrected chi connectivity index (χ4v) is 2.86. The molecule has 0 spiro atoms. The molecule has 1 atom stereocenters. The number of anilines is 1. The summed E-state index contributed by atoms with van der Waals surface area (Å²) in [4.78, 5) is 2.54. The molecule has 0 bridgehead atoms. The van der Waals surface area contributed by atoms with Crippen LogP contribution in [-0.2, 0) is 0 Å². The number of nitrogens with zero attached hydrogens (tertiary/aromatic N) is 1. The van der Waals surface area contributed by atoms with Gasteiger partial charge in [0.05, 0.1) is 0 Å². The van der Waals surface area contributed by atoms with Gasteiger partial charge < -0.3 is 10.2 Å². The maximum absolute atomic E-state index is 3.61. The van der Waals surface area contributed by atoms with Crippen molar-refractivity contribution in [2.75, 3.05) is 18.0 Å². The highest BCUT2D eigenvalue weighted by molar-refractivity contribution is 5.54. The van der Waals surface area contributed by atoms with Gasteiger partial charge in [-0.3, -0.25) is 0 Å². The van der Waals surface area contributed by atoms with E-state index in [1.165, 1.54) is 17.7 Å². The van der Waals surface area contributed by atoms with E-state index >= 15 is 0 Å². The second-order valence-corrected chi connectivity index (χ2v) is 5.70. The van der Waals surface area contributed by atoms with Crippen LogP contribution in [0.15, 0.2) is 24.3 Å². The van der Waals surface area contributed by atoms with E-state index in [4.69, 9.17) is 0 Å². The summed E-state index contributed by atoms with van der Waals surface area (Å²) in [5.74, 6) is 0. The second-order valence-electron chi connectivity index (χ2n) is 5.70. The molecule has 94 valence electrons. The Bertz CT molecular complexity index is 384. The van der Waals surface area contributed by atoms with Crippen molar-refractivity contribution in [3.8, 4) is 0 Å². The van der Waals surface area contributed by atoms with Crippen LogP contribution in [0.4, 0.5) is 5.69 Å². The van der Waals surface area contributed by atoms with Gasteiger partial charge in [-0.1, -0.05) is 18.2 Å². The zero-order valence-electron chi connectivity index (χ0n) is 11.5. The molecule has 1 unspecified atom stereocenters. The highest BCUT2D eigenvalue weighted by Gasteiger charge is 2.33. The molecule has 0 aromatic heterocycles. The number of aryl methyl sites for hydroxylation is 1. The molecule has 1 aromatic carbocycles. The second kappa shape index (κ2) is 4.69. The largest absolute Gasteiger partial charge is 0.367 e. The average molecular weight is 232 g/mol. The van der Waals surface area contributed by atoms with E-state index in [1.54, 1.807) is 0 Å². The van der Waals surface area contributed by atoms with Gasteiger partial charge in [-0.15, -0.1) is 0 Å². The Morgan fingerprint density at radius 1 is 1.35 bits per heavy atom. The molecule has 2 nitrogen and oxygen atoms in total. The van der Waals surface area contributed by atoms with Crippen LogP contribution in [-0.4, -0.2) is 24.7 Å². The van der Waals surface area contributed by atoms with E-state index in [0.29, 0.717) is 6.04 Å². The number of nitrogens with one attached hydrogen (secondary N) is 1. The first-order valence-corrected chi connectivity index (χ1v) is 6.61. The average Bonchev–Trinajstić information content (AvgIpc) is 2.63. The van der Waals surface area contributed by atoms with Crippen LogP contribution in [0.3, 0.4) is 0 Å². The Morgan fingerprint density at radius 2 is 2.06 bits per heavy atom. The van der Waals surface area contributed by atoms with Crippen LogP contribution < -0.4 is 10.2 Å². The van der Waals surface area contributed by atoms with Crippen LogP contribution in [0, 0.1) is 6.92 Å². The van der Waals surface area contributed by atoms with Crippen molar-refractivity contribution in [2.45, 2.75) is 45.7 Å². The quantitative estimate of drug-likeness (QED) is 0.862. The Morgan fingerprint density at radius 3 is 2.59 bits per heavy atom. The lowest BCUT2D eigenvalue weighted by molar-refractivity contribution is 0.452. The van der Waals surface area contributed by atoms with Gasteiger partial charge >= 0.3 is 0 Å². The smallest absolute Gasteiger partial charge is 0.0432 e. The van der Waals surface area contributed by atoms with Gasteiger partial charge in [0.15, 0.2) is 0 Å². The fraction of sp³-hybridized carbons (Fsp3) is 0.600. The van der Waals surface area contributed by atoms with E-state index in [0.717, 1.165) is 13.1 Å². The summed E-state index contributed by atoms with van der Waals surface area (Å²) in [5.41, 5.74) is 3.04. The molecule has 1 aliphatic rings. The summed E-state index contributed by atoms with van der Waals surface area (Å²) in [7, 11) is 0. The third-order valence-corrected chi connectivity index (χ3v) is 3.77. The predicted molar refractivity (Wildman–Crippen MR) is 74.7 cm³/mol. The normalized spacial score (nSPS) is 22.7. The van der Waals surface area contributed by atoms with Gasteiger partial charge in [0, 0.05) is 30.4 Å². The van der Waals surface area contributed by atoms with Crippen molar-refractivity contribution in [1.82, 2.24) is 5.32 Å². The number of benzene rings is 1. The monoisotopic (exact) mass is 232 g/mol. The molecule has 1 heterocycles. The van der Waals surface area contributed by atoms with Gasteiger partial charge in [-0.25, -0.2) is 0 Å². The van der Waals surface area contributed by atoms with E-state index in [1.807, 2.05) is 0 Å². The van der Waals surface area contributed by atoms with Crippen LogP contribution in [0.1, 0.15) is 32.8 Å². The molecule has 1 N–H and O–H groups in total. The molecule has 0 amide bonds. The van der Waals surface area contributed by atoms with Crippen LogP contribution >= 0.6 is 0 Å². The molecule has 0 radical (unpaired) electrons. The minimum atomic E-state index is 0.279. The van der Waals surface area contributed by atoms with Gasteiger partial charge in [-0.2, -0.15) is 0 Å². The molecule has 2 heteroatoms. The lowest BCUT2D eigenvalue weighted by Crippen LogP contribution is -2.37. The Labute approximate surface area is 105 Å². The van der Waals surface area contributed by atoms with Crippen molar-refractivity contribution >= 4 is 5.69 Å². The maximum atomic E-state index is 3.61. The molecule has 0 saturated carbocycles. The van der Waals surface area contributed by atoms with Gasteiger partial charge in [-0.05, 0) is 45.7 Å². The first kappa shape index (κ1) is 12.4. The van der Waals surface area contributed by atoms with Gasteiger partial charge in [0.2, 0.25) is 0 Å².